The Morgan fingerprint density at radius 2 is 1.39 bits per heavy atom. The molecule has 2 N–H and O–H groups in total. The zero-order valence-electron chi connectivity index (χ0n) is 12.0. The second kappa shape index (κ2) is 6.21. The van der Waals surface area contributed by atoms with Crippen molar-refractivity contribution >= 4 is 11.8 Å². The van der Waals surface area contributed by atoms with Crippen LogP contribution in [-0.2, 0) is 9.59 Å². The normalized spacial score (nSPS) is 26.4. The summed E-state index contributed by atoms with van der Waals surface area (Å²) in [6.45, 7) is 7.51. The molecule has 0 heterocycles. The number of rotatable bonds is 4. The number of nitrogens with one attached hydrogen (secondary N) is 2. The lowest BCUT2D eigenvalue weighted by atomic mass is 9.67. The van der Waals surface area contributed by atoms with Crippen LogP contribution in [0.1, 0.15) is 59.8 Å². The molecular formula is C14H26N2O2. The molecule has 4 heteroatoms. The maximum atomic E-state index is 11.2. The first-order valence-corrected chi connectivity index (χ1v) is 6.95. The second-order valence-electron chi connectivity index (χ2n) is 5.65. The van der Waals surface area contributed by atoms with E-state index in [0.717, 1.165) is 32.1 Å². The monoisotopic (exact) mass is 254 g/mol. The Morgan fingerprint density at radius 3 is 1.67 bits per heavy atom. The van der Waals surface area contributed by atoms with E-state index in [2.05, 4.69) is 24.5 Å². The minimum Gasteiger partial charge on any atom is -0.354 e. The van der Waals surface area contributed by atoms with E-state index in [-0.39, 0.29) is 29.3 Å². The molecule has 2 atom stereocenters. The molecule has 18 heavy (non-hydrogen) atoms. The van der Waals surface area contributed by atoms with Crippen LogP contribution in [0.5, 0.6) is 0 Å². The lowest BCUT2D eigenvalue weighted by molar-refractivity contribution is -0.120. The first-order chi connectivity index (χ1) is 8.40. The van der Waals surface area contributed by atoms with Crippen LogP contribution in [0, 0.1) is 5.41 Å². The summed E-state index contributed by atoms with van der Waals surface area (Å²) < 4.78 is 0. The van der Waals surface area contributed by atoms with Crippen LogP contribution < -0.4 is 10.6 Å². The maximum absolute atomic E-state index is 11.2. The molecule has 2 unspecified atom stereocenters. The molecule has 1 saturated carbocycles. The molecule has 0 aliphatic heterocycles. The Morgan fingerprint density at radius 1 is 1.00 bits per heavy atom. The van der Waals surface area contributed by atoms with Gasteiger partial charge in [0, 0.05) is 25.9 Å². The largest absolute Gasteiger partial charge is 0.354 e. The summed E-state index contributed by atoms with van der Waals surface area (Å²) >= 11 is 0. The van der Waals surface area contributed by atoms with E-state index in [9.17, 15) is 9.59 Å². The number of carbonyl (C=O) groups is 2. The predicted molar refractivity (Wildman–Crippen MR) is 72.1 cm³/mol. The van der Waals surface area contributed by atoms with Crippen molar-refractivity contribution in [3.63, 3.8) is 0 Å². The third kappa shape index (κ3) is 4.00. The van der Waals surface area contributed by atoms with Gasteiger partial charge in [-0.1, -0.05) is 26.7 Å². The molecule has 0 aromatic heterocycles. The zero-order chi connectivity index (χ0) is 13.8. The Bertz CT molecular complexity index is 285. The highest BCUT2D eigenvalue weighted by atomic mass is 16.2. The average molecular weight is 254 g/mol. The Kier molecular flexibility index (Phi) is 5.17. The van der Waals surface area contributed by atoms with Crippen molar-refractivity contribution in [3.8, 4) is 0 Å². The van der Waals surface area contributed by atoms with Crippen LogP contribution >= 0.6 is 0 Å². The minimum atomic E-state index is 0.0181. The smallest absolute Gasteiger partial charge is 0.217 e. The van der Waals surface area contributed by atoms with Crippen molar-refractivity contribution in [2.24, 2.45) is 5.41 Å². The molecule has 4 nitrogen and oxygen atoms in total. The van der Waals surface area contributed by atoms with Gasteiger partial charge in [-0.2, -0.15) is 0 Å². The number of hydrogen-bond acceptors (Lipinski definition) is 2. The van der Waals surface area contributed by atoms with Gasteiger partial charge in [0.15, 0.2) is 0 Å². The number of hydrogen-bond donors (Lipinski definition) is 2. The van der Waals surface area contributed by atoms with Crippen LogP contribution in [0.4, 0.5) is 0 Å². The molecule has 1 rings (SSSR count). The van der Waals surface area contributed by atoms with Gasteiger partial charge in [-0.3, -0.25) is 9.59 Å². The van der Waals surface area contributed by atoms with Gasteiger partial charge < -0.3 is 10.6 Å². The van der Waals surface area contributed by atoms with Gasteiger partial charge in [0.2, 0.25) is 11.8 Å². The quantitative estimate of drug-likeness (QED) is 0.806. The van der Waals surface area contributed by atoms with Gasteiger partial charge in [0.25, 0.3) is 0 Å². The van der Waals surface area contributed by atoms with E-state index in [1.54, 1.807) is 13.8 Å². The van der Waals surface area contributed by atoms with Gasteiger partial charge in [-0.05, 0) is 24.7 Å². The predicted octanol–water partition coefficient (Wildman–Crippen LogP) is 1.99. The highest BCUT2D eigenvalue weighted by molar-refractivity contribution is 5.74. The van der Waals surface area contributed by atoms with Gasteiger partial charge in [0.1, 0.15) is 0 Å². The molecule has 0 aromatic carbocycles. The summed E-state index contributed by atoms with van der Waals surface area (Å²) in [6.07, 6.45) is 5.08. The molecule has 0 spiro atoms. The molecule has 0 bridgehead atoms. The van der Waals surface area contributed by atoms with E-state index in [0.29, 0.717) is 0 Å². The highest BCUT2D eigenvalue weighted by Crippen LogP contribution is 2.42. The summed E-state index contributed by atoms with van der Waals surface area (Å²) in [7, 11) is 0. The fourth-order valence-electron chi connectivity index (χ4n) is 3.26. The third-order valence-corrected chi connectivity index (χ3v) is 4.24. The van der Waals surface area contributed by atoms with Gasteiger partial charge in [-0.25, -0.2) is 0 Å². The summed E-state index contributed by atoms with van der Waals surface area (Å²) in [4.78, 5) is 22.5. The zero-order valence-corrected chi connectivity index (χ0v) is 12.0. The van der Waals surface area contributed by atoms with E-state index in [1.165, 1.54) is 0 Å². The topological polar surface area (TPSA) is 58.2 Å². The first-order valence-electron chi connectivity index (χ1n) is 6.95. The summed E-state index contributed by atoms with van der Waals surface area (Å²) in [5.41, 5.74) is 0.248. The fourth-order valence-corrected chi connectivity index (χ4v) is 3.26. The van der Waals surface area contributed by atoms with E-state index in [4.69, 9.17) is 0 Å². The SMILES string of the molecule is CCC1(CC)CC(NC(C)=O)CC(NC(C)=O)C1. The maximum Gasteiger partial charge on any atom is 0.217 e. The van der Waals surface area contributed by atoms with Crippen molar-refractivity contribution in [2.45, 2.75) is 71.9 Å². The molecule has 0 saturated heterocycles. The molecule has 1 aliphatic rings. The summed E-state index contributed by atoms with van der Waals surface area (Å²) in [5, 5.41) is 6.04. The minimum absolute atomic E-state index is 0.0181. The van der Waals surface area contributed by atoms with Gasteiger partial charge in [0.05, 0.1) is 0 Å². The number of amides is 2. The van der Waals surface area contributed by atoms with Crippen molar-refractivity contribution in [2.75, 3.05) is 0 Å². The molecular weight excluding hydrogens is 228 g/mol. The molecule has 1 aliphatic carbocycles. The van der Waals surface area contributed by atoms with Crippen LogP contribution in [0.25, 0.3) is 0 Å². The highest BCUT2D eigenvalue weighted by Gasteiger charge is 2.38. The Labute approximate surface area is 110 Å². The average Bonchev–Trinajstić information content (AvgIpc) is 2.26. The van der Waals surface area contributed by atoms with E-state index < -0.39 is 0 Å². The number of carbonyl (C=O) groups excluding carboxylic acids is 2. The van der Waals surface area contributed by atoms with Crippen LogP contribution in [0.2, 0.25) is 0 Å². The molecule has 1 fully saturated rings. The van der Waals surface area contributed by atoms with Gasteiger partial charge >= 0.3 is 0 Å². The molecule has 2 amide bonds. The van der Waals surface area contributed by atoms with Crippen LogP contribution in [-0.4, -0.2) is 23.9 Å². The lowest BCUT2D eigenvalue weighted by Crippen LogP contribution is -2.50. The Balaban J connectivity index is 2.77. The fraction of sp³-hybridized carbons (Fsp3) is 0.857. The third-order valence-electron chi connectivity index (χ3n) is 4.24. The lowest BCUT2D eigenvalue weighted by Gasteiger charge is -2.44. The standard InChI is InChI=1S/C14H26N2O2/c1-5-14(6-2)8-12(15-10(3)17)7-13(9-14)16-11(4)18/h12-13H,5-9H2,1-4H3,(H,15,17)(H,16,18). The van der Waals surface area contributed by atoms with E-state index >= 15 is 0 Å². The van der Waals surface area contributed by atoms with Crippen LogP contribution in [0.3, 0.4) is 0 Å². The van der Waals surface area contributed by atoms with Crippen molar-refractivity contribution in [3.05, 3.63) is 0 Å². The molecule has 0 radical (unpaired) electrons. The van der Waals surface area contributed by atoms with E-state index in [1.807, 2.05) is 0 Å². The summed E-state index contributed by atoms with van der Waals surface area (Å²) in [6, 6.07) is 0.376. The summed E-state index contributed by atoms with van der Waals surface area (Å²) in [5.74, 6) is 0.0363. The molecule has 0 aromatic rings. The van der Waals surface area contributed by atoms with Crippen molar-refractivity contribution in [1.82, 2.24) is 10.6 Å². The van der Waals surface area contributed by atoms with Crippen molar-refractivity contribution < 1.29 is 9.59 Å². The Hall–Kier alpha value is -1.06. The second-order valence-corrected chi connectivity index (χ2v) is 5.65. The first kappa shape index (κ1) is 15.0. The van der Waals surface area contributed by atoms with Crippen molar-refractivity contribution in [1.29, 1.82) is 0 Å². The van der Waals surface area contributed by atoms with Crippen LogP contribution in [0.15, 0.2) is 0 Å². The van der Waals surface area contributed by atoms with Gasteiger partial charge in [-0.15, -0.1) is 0 Å². The molecule has 104 valence electrons.